The lowest BCUT2D eigenvalue weighted by Gasteiger charge is -2.10. The molecular formula is C10H17N3. The lowest BCUT2D eigenvalue weighted by molar-refractivity contribution is 0.498. The van der Waals surface area contributed by atoms with E-state index in [0.717, 1.165) is 19.5 Å². The summed E-state index contributed by atoms with van der Waals surface area (Å²) in [5, 5.41) is 7.51. The number of hydrogen-bond acceptors (Lipinski definition) is 2. The van der Waals surface area contributed by atoms with Gasteiger partial charge in [0.05, 0.1) is 6.54 Å². The van der Waals surface area contributed by atoms with Crippen molar-refractivity contribution in [2.45, 2.75) is 25.9 Å². The molecule has 0 saturated heterocycles. The molecule has 13 heavy (non-hydrogen) atoms. The van der Waals surface area contributed by atoms with Crippen LogP contribution in [0, 0.1) is 0 Å². The van der Waals surface area contributed by atoms with E-state index in [9.17, 15) is 0 Å². The Morgan fingerprint density at radius 1 is 1.69 bits per heavy atom. The van der Waals surface area contributed by atoms with E-state index >= 15 is 0 Å². The van der Waals surface area contributed by atoms with Gasteiger partial charge in [-0.05, 0) is 19.4 Å². The van der Waals surface area contributed by atoms with Crippen LogP contribution in [0.2, 0.25) is 0 Å². The minimum absolute atomic E-state index is 0.507. The summed E-state index contributed by atoms with van der Waals surface area (Å²) in [6.07, 6.45) is 6.72. The van der Waals surface area contributed by atoms with Crippen molar-refractivity contribution in [3.63, 3.8) is 0 Å². The van der Waals surface area contributed by atoms with E-state index in [1.165, 1.54) is 0 Å². The van der Waals surface area contributed by atoms with Crippen molar-refractivity contribution in [3.8, 4) is 0 Å². The Labute approximate surface area is 79.5 Å². The molecule has 0 aromatic carbocycles. The minimum Gasteiger partial charge on any atom is -0.312 e. The van der Waals surface area contributed by atoms with Crippen LogP contribution in [0.5, 0.6) is 0 Å². The second kappa shape index (κ2) is 5.54. The molecule has 1 aromatic rings. The van der Waals surface area contributed by atoms with Crippen LogP contribution in [-0.2, 0) is 6.54 Å². The number of hydrogen-bond donors (Lipinski definition) is 1. The summed E-state index contributed by atoms with van der Waals surface area (Å²) in [6.45, 7) is 7.74. The molecule has 1 atom stereocenters. The predicted molar refractivity (Wildman–Crippen MR) is 54.5 cm³/mol. The molecule has 0 radical (unpaired) electrons. The van der Waals surface area contributed by atoms with Crippen LogP contribution >= 0.6 is 0 Å². The highest BCUT2D eigenvalue weighted by Gasteiger charge is 1.97. The van der Waals surface area contributed by atoms with Crippen molar-refractivity contribution in [1.82, 2.24) is 15.1 Å². The first kappa shape index (κ1) is 9.99. The molecule has 0 bridgehead atoms. The average Bonchev–Trinajstić information content (AvgIpc) is 2.57. The Bertz CT molecular complexity index is 228. The molecule has 1 aromatic heterocycles. The zero-order valence-electron chi connectivity index (χ0n) is 8.11. The van der Waals surface area contributed by atoms with E-state index in [4.69, 9.17) is 0 Å². The average molecular weight is 179 g/mol. The van der Waals surface area contributed by atoms with Crippen molar-refractivity contribution < 1.29 is 0 Å². The van der Waals surface area contributed by atoms with E-state index in [0.29, 0.717) is 6.04 Å². The third-order valence-corrected chi connectivity index (χ3v) is 1.91. The van der Waals surface area contributed by atoms with Gasteiger partial charge in [0, 0.05) is 25.0 Å². The van der Waals surface area contributed by atoms with Crippen molar-refractivity contribution in [3.05, 3.63) is 31.1 Å². The van der Waals surface area contributed by atoms with E-state index in [2.05, 4.69) is 23.9 Å². The van der Waals surface area contributed by atoms with Crippen LogP contribution in [0.4, 0.5) is 0 Å². The summed E-state index contributed by atoms with van der Waals surface area (Å²) in [7, 11) is 0. The third kappa shape index (κ3) is 3.90. The molecule has 72 valence electrons. The molecule has 0 aliphatic carbocycles. The maximum Gasteiger partial charge on any atom is 0.0534 e. The maximum absolute atomic E-state index is 4.12. The van der Waals surface area contributed by atoms with Gasteiger partial charge in [-0.25, -0.2) is 0 Å². The van der Waals surface area contributed by atoms with E-state index in [1.807, 2.05) is 23.0 Å². The Morgan fingerprint density at radius 3 is 3.15 bits per heavy atom. The summed E-state index contributed by atoms with van der Waals surface area (Å²) < 4.78 is 1.92. The summed E-state index contributed by atoms with van der Waals surface area (Å²) in [5.74, 6) is 0. The Balaban J connectivity index is 2.10. The zero-order chi connectivity index (χ0) is 9.52. The standard InChI is InChI=1S/C10H17N3/c1-3-5-10(2)11-7-9-13-8-4-6-12-13/h3-4,6,8,10-11H,1,5,7,9H2,2H3. The Kier molecular flexibility index (Phi) is 4.26. The fourth-order valence-corrected chi connectivity index (χ4v) is 1.19. The molecule has 0 amide bonds. The van der Waals surface area contributed by atoms with E-state index in [-0.39, 0.29) is 0 Å². The summed E-state index contributed by atoms with van der Waals surface area (Å²) in [5.41, 5.74) is 0. The maximum atomic E-state index is 4.12. The van der Waals surface area contributed by atoms with Gasteiger partial charge in [0.1, 0.15) is 0 Å². The fraction of sp³-hybridized carbons (Fsp3) is 0.500. The van der Waals surface area contributed by atoms with Gasteiger partial charge in [-0.1, -0.05) is 6.08 Å². The second-order valence-corrected chi connectivity index (χ2v) is 3.15. The second-order valence-electron chi connectivity index (χ2n) is 3.15. The molecule has 3 nitrogen and oxygen atoms in total. The first-order valence-corrected chi connectivity index (χ1v) is 4.64. The van der Waals surface area contributed by atoms with Gasteiger partial charge in [-0.15, -0.1) is 6.58 Å². The highest BCUT2D eigenvalue weighted by molar-refractivity contribution is 4.78. The molecule has 0 fully saturated rings. The molecular weight excluding hydrogens is 162 g/mol. The van der Waals surface area contributed by atoms with Crippen molar-refractivity contribution in [2.75, 3.05) is 6.54 Å². The van der Waals surface area contributed by atoms with Gasteiger partial charge in [-0.3, -0.25) is 4.68 Å². The molecule has 3 heteroatoms. The van der Waals surface area contributed by atoms with Crippen molar-refractivity contribution >= 4 is 0 Å². The van der Waals surface area contributed by atoms with Crippen LogP contribution in [0.1, 0.15) is 13.3 Å². The monoisotopic (exact) mass is 179 g/mol. The molecule has 1 rings (SSSR count). The van der Waals surface area contributed by atoms with E-state index in [1.54, 1.807) is 6.20 Å². The smallest absolute Gasteiger partial charge is 0.0534 e. The normalized spacial score (nSPS) is 12.7. The lowest BCUT2D eigenvalue weighted by Crippen LogP contribution is -2.28. The highest BCUT2D eigenvalue weighted by Crippen LogP contribution is 1.90. The van der Waals surface area contributed by atoms with Gasteiger partial charge >= 0.3 is 0 Å². The molecule has 1 heterocycles. The third-order valence-electron chi connectivity index (χ3n) is 1.91. The molecule has 1 unspecified atom stereocenters. The molecule has 0 saturated carbocycles. The van der Waals surface area contributed by atoms with Crippen LogP contribution < -0.4 is 5.32 Å². The fourth-order valence-electron chi connectivity index (χ4n) is 1.19. The summed E-state index contributed by atoms with van der Waals surface area (Å²) in [4.78, 5) is 0. The predicted octanol–water partition coefficient (Wildman–Crippen LogP) is 1.44. The molecule has 0 aliphatic rings. The van der Waals surface area contributed by atoms with Gasteiger partial charge in [0.25, 0.3) is 0 Å². The van der Waals surface area contributed by atoms with E-state index < -0.39 is 0 Å². The first-order chi connectivity index (χ1) is 6.33. The number of rotatable bonds is 6. The van der Waals surface area contributed by atoms with Gasteiger partial charge in [-0.2, -0.15) is 5.10 Å². The molecule has 0 spiro atoms. The molecule has 1 N–H and O–H groups in total. The van der Waals surface area contributed by atoms with Crippen LogP contribution in [-0.4, -0.2) is 22.4 Å². The summed E-state index contributed by atoms with van der Waals surface area (Å²) in [6, 6.07) is 2.45. The first-order valence-electron chi connectivity index (χ1n) is 4.64. The van der Waals surface area contributed by atoms with Crippen LogP contribution in [0.15, 0.2) is 31.1 Å². The topological polar surface area (TPSA) is 29.9 Å². The highest BCUT2D eigenvalue weighted by atomic mass is 15.3. The quantitative estimate of drug-likeness (QED) is 0.670. The Morgan fingerprint density at radius 2 is 2.54 bits per heavy atom. The number of nitrogens with one attached hydrogen (secondary N) is 1. The lowest BCUT2D eigenvalue weighted by atomic mass is 10.2. The van der Waals surface area contributed by atoms with Gasteiger partial charge in [0.2, 0.25) is 0 Å². The van der Waals surface area contributed by atoms with Crippen molar-refractivity contribution in [2.24, 2.45) is 0 Å². The van der Waals surface area contributed by atoms with Crippen LogP contribution in [0.25, 0.3) is 0 Å². The number of nitrogens with zero attached hydrogens (tertiary/aromatic N) is 2. The SMILES string of the molecule is C=CCC(C)NCCn1cccn1. The molecule has 0 aliphatic heterocycles. The zero-order valence-corrected chi connectivity index (χ0v) is 8.11. The van der Waals surface area contributed by atoms with Crippen LogP contribution in [0.3, 0.4) is 0 Å². The Hall–Kier alpha value is -1.09. The number of aromatic nitrogens is 2. The minimum atomic E-state index is 0.507. The van der Waals surface area contributed by atoms with Gasteiger partial charge in [0.15, 0.2) is 0 Å². The van der Waals surface area contributed by atoms with Gasteiger partial charge < -0.3 is 5.32 Å². The summed E-state index contributed by atoms with van der Waals surface area (Å²) >= 11 is 0. The largest absolute Gasteiger partial charge is 0.312 e. The van der Waals surface area contributed by atoms with Crippen molar-refractivity contribution in [1.29, 1.82) is 0 Å².